The Balaban J connectivity index is 1.42. The summed E-state index contributed by atoms with van der Waals surface area (Å²) in [6.07, 6.45) is 4.81. The van der Waals surface area contributed by atoms with E-state index in [-0.39, 0.29) is 61.5 Å². The molecule has 5 aliphatic heterocycles. The van der Waals surface area contributed by atoms with Crippen molar-refractivity contribution in [1.29, 1.82) is 0 Å². The van der Waals surface area contributed by atoms with E-state index in [1.54, 1.807) is 23.3 Å². The van der Waals surface area contributed by atoms with Crippen LogP contribution in [-0.4, -0.2) is 125 Å². The molecule has 4 amide bonds. The van der Waals surface area contributed by atoms with Gasteiger partial charge in [0.1, 0.15) is 13.1 Å². The van der Waals surface area contributed by atoms with Gasteiger partial charge in [0.05, 0.1) is 41.7 Å². The van der Waals surface area contributed by atoms with Crippen molar-refractivity contribution in [3.63, 3.8) is 0 Å². The average molecular weight is 617 g/mol. The van der Waals surface area contributed by atoms with Crippen LogP contribution in [0.1, 0.15) is 80.3 Å². The molecule has 5 aliphatic rings. The maximum Gasteiger partial charge on any atom is 0.242 e. The summed E-state index contributed by atoms with van der Waals surface area (Å²) in [5, 5.41) is 4.31. The monoisotopic (exact) mass is 616 g/mol. The summed E-state index contributed by atoms with van der Waals surface area (Å²) in [5.41, 5.74) is 0.0480. The van der Waals surface area contributed by atoms with Crippen LogP contribution in [0.2, 0.25) is 0 Å². The Morgan fingerprint density at radius 1 is 1.07 bits per heavy atom. The van der Waals surface area contributed by atoms with Crippen LogP contribution < -0.4 is 5.32 Å². The summed E-state index contributed by atoms with van der Waals surface area (Å²) >= 11 is 1.65. The number of thiazole rings is 1. The van der Waals surface area contributed by atoms with E-state index in [4.69, 9.17) is 9.72 Å². The van der Waals surface area contributed by atoms with Gasteiger partial charge in [-0.2, -0.15) is 0 Å². The summed E-state index contributed by atoms with van der Waals surface area (Å²) in [7, 11) is 1.63. The highest BCUT2D eigenvalue weighted by molar-refractivity contribution is 7.11. The molecule has 3 saturated heterocycles. The molecular formula is C31H48N6O5S. The molecule has 6 rings (SSSR count). The zero-order chi connectivity index (χ0) is 30.7. The molecule has 0 unspecified atom stereocenters. The van der Waals surface area contributed by atoms with Crippen LogP contribution in [0.15, 0.2) is 0 Å². The lowest BCUT2D eigenvalue weighted by atomic mass is 9.83. The number of carbonyl (C=O) groups excluding carboxylic acids is 4. The molecule has 0 aromatic carbocycles. The van der Waals surface area contributed by atoms with Crippen LogP contribution in [0, 0.1) is 6.92 Å². The van der Waals surface area contributed by atoms with Crippen LogP contribution in [0.3, 0.4) is 0 Å². The standard InChI is InChI=1S/C31H48N6O5S/c1-21(2)34-14-9-31(10-15-34)17-27(39)36(19-29(41)37-11-5-6-24(37)20-42-4)18-28(40)35-12-7-23(8-13-35)30-32-25(22(3)43-30)16-26(38)33-31/h21,23-24H,5-20H2,1-4H3,(H,33,38)/t24-/m1/s1. The molecule has 1 spiro atoms. The summed E-state index contributed by atoms with van der Waals surface area (Å²) < 4.78 is 5.35. The van der Waals surface area contributed by atoms with Crippen molar-refractivity contribution in [1.82, 2.24) is 29.9 Å². The van der Waals surface area contributed by atoms with E-state index in [0.717, 1.165) is 54.4 Å². The van der Waals surface area contributed by atoms with Crippen molar-refractivity contribution in [2.45, 2.75) is 95.7 Å². The van der Waals surface area contributed by atoms with E-state index >= 15 is 0 Å². The number of aromatic nitrogens is 1. The van der Waals surface area contributed by atoms with E-state index in [9.17, 15) is 19.2 Å². The number of carbonyl (C=O) groups is 4. The fourth-order valence-electron chi connectivity index (χ4n) is 7.15. The minimum absolute atomic E-state index is 0.0189. The Bertz CT molecular complexity index is 1190. The first-order valence-corrected chi connectivity index (χ1v) is 16.7. The summed E-state index contributed by atoms with van der Waals surface area (Å²) in [5.74, 6) is -0.445. The first kappa shape index (κ1) is 31.8. The topological polar surface area (TPSA) is 115 Å². The van der Waals surface area contributed by atoms with Crippen molar-refractivity contribution in [2.24, 2.45) is 0 Å². The van der Waals surface area contributed by atoms with Gasteiger partial charge >= 0.3 is 0 Å². The van der Waals surface area contributed by atoms with Gasteiger partial charge in [0, 0.05) is 56.7 Å². The molecule has 1 atom stereocenters. The highest BCUT2D eigenvalue weighted by atomic mass is 32.1. The van der Waals surface area contributed by atoms with Gasteiger partial charge in [0.25, 0.3) is 0 Å². The number of amides is 4. The van der Waals surface area contributed by atoms with Crippen LogP contribution >= 0.6 is 11.3 Å². The number of methoxy groups -OCH3 is 1. The number of hydrogen-bond donors (Lipinski definition) is 1. The number of fused-ring (bicyclic) bond motifs is 8. The van der Waals surface area contributed by atoms with Crippen molar-refractivity contribution >= 4 is 35.0 Å². The fourth-order valence-corrected chi connectivity index (χ4v) is 8.26. The van der Waals surface area contributed by atoms with E-state index in [2.05, 4.69) is 24.1 Å². The number of ether oxygens (including phenoxy) is 1. The molecule has 0 saturated carbocycles. The van der Waals surface area contributed by atoms with Crippen molar-refractivity contribution in [3.05, 3.63) is 15.6 Å². The summed E-state index contributed by atoms with van der Waals surface area (Å²) in [4.78, 5) is 68.3. The van der Waals surface area contributed by atoms with Gasteiger partial charge in [-0.1, -0.05) is 0 Å². The molecule has 4 bridgehead atoms. The molecule has 3 fully saturated rings. The second kappa shape index (κ2) is 13.6. The number of likely N-dealkylation sites (tertiary alicyclic amines) is 2. The van der Waals surface area contributed by atoms with Crippen molar-refractivity contribution in [2.75, 3.05) is 59.5 Å². The van der Waals surface area contributed by atoms with Gasteiger partial charge < -0.3 is 29.7 Å². The summed E-state index contributed by atoms with van der Waals surface area (Å²) in [6, 6.07) is 0.345. The zero-order valence-corrected chi connectivity index (χ0v) is 27.0. The third kappa shape index (κ3) is 7.39. The summed E-state index contributed by atoms with van der Waals surface area (Å²) in [6.45, 7) is 9.80. The smallest absolute Gasteiger partial charge is 0.242 e. The molecule has 0 aliphatic carbocycles. The van der Waals surface area contributed by atoms with Crippen LogP contribution in [0.5, 0.6) is 0 Å². The molecule has 6 heterocycles. The Kier molecular flexibility index (Phi) is 10.1. The maximum atomic E-state index is 14.2. The number of nitrogens with one attached hydrogen (secondary N) is 1. The van der Waals surface area contributed by atoms with Crippen LogP contribution in [-0.2, 0) is 30.3 Å². The number of aryl methyl sites for hydroxylation is 1. The normalized spacial score (nSPS) is 24.4. The average Bonchev–Trinajstić information content (AvgIpc) is 3.59. The Labute approximate surface area is 259 Å². The van der Waals surface area contributed by atoms with Crippen molar-refractivity contribution < 1.29 is 23.9 Å². The molecule has 1 aromatic rings. The fraction of sp³-hybridized carbons (Fsp3) is 0.774. The van der Waals surface area contributed by atoms with Crippen molar-refractivity contribution in [3.8, 4) is 0 Å². The van der Waals surface area contributed by atoms with Crippen LogP contribution in [0.25, 0.3) is 0 Å². The third-order valence-corrected chi connectivity index (χ3v) is 11.1. The lowest BCUT2D eigenvalue weighted by molar-refractivity contribution is -0.147. The maximum absolute atomic E-state index is 14.2. The highest BCUT2D eigenvalue weighted by Gasteiger charge is 2.41. The molecule has 43 heavy (non-hydrogen) atoms. The Hall–Kier alpha value is -2.57. The second-order valence-electron chi connectivity index (χ2n) is 13.1. The first-order chi connectivity index (χ1) is 20.6. The first-order valence-electron chi connectivity index (χ1n) is 15.9. The minimum atomic E-state index is -0.751. The second-order valence-corrected chi connectivity index (χ2v) is 14.3. The van der Waals surface area contributed by atoms with E-state index in [1.807, 2.05) is 11.8 Å². The molecule has 1 aromatic heterocycles. The van der Waals surface area contributed by atoms with Gasteiger partial charge in [-0.3, -0.25) is 19.2 Å². The number of hydrogen-bond acceptors (Lipinski definition) is 8. The lowest BCUT2D eigenvalue weighted by Crippen LogP contribution is -2.59. The molecule has 12 heteroatoms. The Morgan fingerprint density at radius 3 is 2.47 bits per heavy atom. The van der Waals surface area contributed by atoms with Gasteiger partial charge in [-0.25, -0.2) is 4.98 Å². The minimum Gasteiger partial charge on any atom is -0.383 e. The van der Waals surface area contributed by atoms with Gasteiger partial charge in [-0.05, 0) is 59.3 Å². The Morgan fingerprint density at radius 2 is 1.79 bits per heavy atom. The lowest BCUT2D eigenvalue weighted by Gasteiger charge is -2.44. The predicted octanol–water partition coefficient (Wildman–Crippen LogP) is 1.93. The molecule has 11 nitrogen and oxygen atoms in total. The van der Waals surface area contributed by atoms with E-state index in [1.165, 1.54) is 4.90 Å². The van der Waals surface area contributed by atoms with Gasteiger partial charge in [0.15, 0.2) is 0 Å². The molecule has 1 N–H and O–H groups in total. The largest absolute Gasteiger partial charge is 0.383 e. The molecule has 238 valence electrons. The molecule has 0 radical (unpaired) electrons. The SMILES string of the molecule is COC[C@H]1CCCN1C(=O)CN1CC(=O)N2CCC(CC2)c2nc(c(C)s2)CC(=O)NC2(CCN(C(C)C)CC2)CC1=O. The quantitative estimate of drug-likeness (QED) is 0.538. The van der Waals surface area contributed by atoms with E-state index in [0.29, 0.717) is 45.1 Å². The zero-order valence-electron chi connectivity index (χ0n) is 26.2. The van der Waals surface area contributed by atoms with Crippen LogP contribution in [0.4, 0.5) is 0 Å². The third-order valence-electron chi connectivity index (χ3n) is 9.88. The highest BCUT2D eigenvalue weighted by Crippen LogP contribution is 2.34. The number of nitrogens with zero attached hydrogens (tertiary/aromatic N) is 5. The van der Waals surface area contributed by atoms with Gasteiger partial charge in [-0.15, -0.1) is 11.3 Å². The predicted molar refractivity (Wildman–Crippen MR) is 164 cm³/mol. The number of piperidine rings is 2. The molecular weight excluding hydrogens is 568 g/mol. The van der Waals surface area contributed by atoms with Gasteiger partial charge in [0.2, 0.25) is 23.6 Å². The van der Waals surface area contributed by atoms with E-state index < -0.39 is 5.54 Å². The number of rotatable bonds is 5.